The van der Waals surface area contributed by atoms with E-state index in [0.717, 1.165) is 42.7 Å². The van der Waals surface area contributed by atoms with E-state index in [1.165, 1.54) is 16.2 Å². The van der Waals surface area contributed by atoms with Crippen LogP contribution < -0.4 is 0 Å². The molecule has 1 N–H and O–H groups in total. The molecule has 0 spiro atoms. The molecule has 0 unspecified atom stereocenters. The minimum atomic E-state index is -0.937. The van der Waals surface area contributed by atoms with E-state index in [2.05, 4.69) is 24.0 Å². The van der Waals surface area contributed by atoms with Crippen molar-refractivity contribution in [2.24, 2.45) is 4.99 Å². The number of aryl methyl sites for hydroxylation is 2. The third-order valence-corrected chi connectivity index (χ3v) is 8.43. The van der Waals surface area contributed by atoms with Crippen molar-refractivity contribution in [3.63, 3.8) is 0 Å². The summed E-state index contributed by atoms with van der Waals surface area (Å²) < 4.78 is 1.95. The average molecular weight is 491 g/mol. The zero-order valence-corrected chi connectivity index (χ0v) is 20.8. The monoisotopic (exact) mass is 490 g/mol. The minimum Gasteiger partial charge on any atom is -0.481 e. The highest BCUT2D eigenvalue weighted by Crippen LogP contribution is 2.40. The fourth-order valence-corrected chi connectivity index (χ4v) is 6.29. The summed E-state index contributed by atoms with van der Waals surface area (Å²) >= 11 is 3.11. The van der Waals surface area contributed by atoms with E-state index in [1.54, 1.807) is 18.3 Å². The first-order chi connectivity index (χ1) is 16.2. The predicted octanol–water partition coefficient (Wildman–Crippen LogP) is 5.55. The van der Waals surface area contributed by atoms with E-state index >= 15 is 0 Å². The smallest absolute Gasteiger partial charge is 0.306 e. The summed E-state index contributed by atoms with van der Waals surface area (Å²) in [6.45, 7) is 7.59. The zero-order valence-electron chi connectivity index (χ0n) is 19.1. The largest absolute Gasteiger partial charge is 0.481 e. The number of carboxylic acid groups (broad SMARTS) is 1. The number of fused-ring (bicyclic) bond motifs is 3. The molecule has 4 heterocycles. The normalized spacial score (nSPS) is 14.8. The Balaban J connectivity index is 1.65. The Morgan fingerprint density at radius 2 is 1.71 bits per heavy atom. The Morgan fingerprint density at radius 3 is 2.35 bits per heavy atom. The highest BCUT2D eigenvalue weighted by Gasteiger charge is 2.32. The van der Waals surface area contributed by atoms with Gasteiger partial charge in [-0.3, -0.25) is 19.1 Å². The second-order valence-electron chi connectivity index (χ2n) is 8.29. The van der Waals surface area contributed by atoms with Gasteiger partial charge in [-0.2, -0.15) is 0 Å². The first-order valence-corrected chi connectivity index (χ1v) is 12.4. The van der Waals surface area contributed by atoms with Crippen molar-refractivity contribution in [1.29, 1.82) is 0 Å². The van der Waals surface area contributed by atoms with E-state index in [1.807, 2.05) is 47.9 Å². The number of carbonyl (C=O) groups excluding carboxylic acids is 1. The van der Waals surface area contributed by atoms with Gasteiger partial charge < -0.3 is 5.11 Å². The van der Waals surface area contributed by atoms with Crippen LogP contribution in [-0.2, 0) is 4.79 Å². The Labute approximate surface area is 204 Å². The third kappa shape index (κ3) is 3.70. The van der Waals surface area contributed by atoms with Crippen molar-refractivity contribution in [3.05, 3.63) is 74.5 Å². The van der Waals surface area contributed by atoms with Crippen molar-refractivity contribution >= 4 is 40.1 Å². The maximum Gasteiger partial charge on any atom is 0.306 e. The quantitative estimate of drug-likeness (QED) is 0.370. The summed E-state index contributed by atoms with van der Waals surface area (Å²) in [4.78, 5) is 31.2. The van der Waals surface area contributed by atoms with Crippen molar-refractivity contribution in [2.45, 2.75) is 40.2 Å². The molecule has 0 amide bonds. The lowest BCUT2D eigenvalue weighted by molar-refractivity contribution is -0.137. The molecule has 3 aromatic heterocycles. The van der Waals surface area contributed by atoms with Gasteiger partial charge in [0.25, 0.3) is 0 Å². The lowest BCUT2D eigenvalue weighted by atomic mass is 9.98. The molecule has 0 fully saturated rings. The number of hydrogen-bond acceptors (Lipinski definition) is 7. The molecule has 5 rings (SSSR count). The van der Waals surface area contributed by atoms with Crippen molar-refractivity contribution < 1.29 is 14.7 Å². The van der Waals surface area contributed by atoms with Crippen LogP contribution in [0.3, 0.4) is 0 Å². The van der Waals surface area contributed by atoms with Gasteiger partial charge in [0.05, 0.1) is 17.0 Å². The third-order valence-electron chi connectivity index (χ3n) is 6.00. The van der Waals surface area contributed by atoms with Gasteiger partial charge >= 0.3 is 5.97 Å². The average Bonchev–Trinajstić information content (AvgIpc) is 3.48. The van der Waals surface area contributed by atoms with E-state index < -0.39 is 12.0 Å². The summed E-state index contributed by atoms with van der Waals surface area (Å²) in [5, 5.41) is 19.1. The molecule has 0 saturated heterocycles. The fourth-order valence-electron chi connectivity index (χ4n) is 4.16. The molecule has 0 aliphatic carbocycles. The molecule has 1 aliphatic heterocycles. The molecule has 0 saturated carbocycles. The number of nitrogens with zero attached hydrogens (tertiary/aromatic N) is 4. The number of Topliss-reactive ketones (excluding diaryl/α,β-unsaturated/α-hetero) is 1. The number of carbonyl (C=O) groups is 2. The lowest BCUT2D eigenvalue weighted by Gasteiger charge is -2.11. The summed E-state index contributed by atoms with van der Waals surface area (Å²) in [6, 6.07) is 11.2. The van der Waals surface area contributed by atoms with Crippen LogP contribution in [0, 0.1) is 20.8 Å². The Bertz CT molecular complexity index is 1470. The number of aliphatic carboxylic acids is 1. The molecule has 1 aliphatic rings. The molecule has 34 heavy (non-hydrogen) atoms. The standard InChI is InChI=1S/C25H22N4O3S2/c1-12-14(3)33-25-22(12)23(26-18(11-21(31)32)24-28-27-15(4)29(24)25)17-7-5-16(6-8-17)20-10-9-19(34-20)13(2)30/h5-10,18H,11H2,1-4H3,(H,31,32)/t18-/m0/s1. The number of aliphatic imine (C=N–C) groups is 1. The van der Waals surface area contributed by atoms with Crippen LogP contribution in [0.15, 0.2) is 41.4 Å². The van der Waals surface area contributed by atoms with Crippen LogP contribution in [0.2, 0.25) is 0 Å². The van der Waals surface area contributed by atoms with Crippen LogP contribution in [-0.4, -0.2) is 37.3 Å². The number of hydrogen-bond donors (Lipinski definition) is 1. The predicted molar refractivity (Wildman–Crippen MR) is 134 cm³/mol. The lowest BCUT2D eigenvalue weighted by Crippen LogP contribution is -2.10. The molecular formula is C25H22N4O3S2. The number of thiophene rings is 2. The molecule has 1 aromatic carbocycles. The van der Waals surface area contributed by atoms with Crippen LogP contribution >= 0.6 is 22.7 Å². The Morgan fingerprint density at radius 1 is 1.00 bits per heavy atom. The minimum absolute atomic E-state index is 0.0586. The highest BCUT2D eigenvalue weighted by molar-refractivity contribution is 7.17. The molecule has 9 heteroatoms. The molecule has 0 bridgehead atoms. The van der Waals surface area contributed by atoms with E-state index in [0.29, 0.717) is 11.6 Å². The number of ketones is 1. The SMILES string of the molecule is CC(=O)c1ccc(-c2ccc(C3=N[C@@H](CC(=O)O)c4nnc(C)n4-c4sc(C)c(C)c43)cc2)s1. The van der Waals surface area contributed by atoms with Crippen LogP contribution in [0.5, 0.6) is 0 Å². The first-order valence-electron chi connectivity index (χ1n) is 10.8. The van der Waals surface area contributed by atoms with Crippen LogP contribution in [0.4, 0.5) is 0 Å². The van der Waals surface area contributed by atoms with Crippen molar-refractivity contribution in [3.8, 4) is 15.4 Å². The van der Waals surface area contributed by atoms with Crippen molar-refractivity contribution in [1.82, 2.24) is 14.8 Å². The second-order valence-corrected chi connectivity index (χ2v) is 10.6. The van der Waals surface area contributed by atoms with Gasteiger partial charge in [-0.1, -0.05) is 24.3 Å². The van der Waals surface area contributed by atoms with Gasteiger partial charge in [0.2, 0.25) is 0 Å². The molecule has 7 nitrogen and oxygen atoms in total. The Hall–Kier alpha value is -3.43. The zero-order chi connectivity index (χ0) is 24.1. The molecule has 4 aromatic rings. The summed E-state index contributed by atoms with van der Waals surface area (Å²) in [5.74, 6) is 0.374. The maximum atomic E-state index is 11.7. The van der Waals surface area contributed by atoms with Gasteiger partial charge in [-0.05, 0) is 51.0 Å². The maximum absolute atomic E-state index is 11.7. The van der Waals surface area contributed by atoms with E-state index in [4.69, 9.17) is 4.99 Å². The molecular weight excluding hydrogens is 468 g/mol. The topological polar surface area (TPSA) is 97.4 Å². The molecule has 0 radical (unpaired) electrons. The van der Waals surface area contributed by atoms with Crippen LogP contribution in [0.1, 0.15) is 62.3 Å². The van der Waals surface area contributed by atoms with Gasteiger partial charge in [0, 0.05) is 20.9 Å². The summed E-state index contributed by atoms with van der Waals surface area (Å²) in [5.41, 5.74) is 4.78. The number of aromatic nitrogens is 3. The summed E-state index contributed by atoms with van der Waals surface area (Å²) in [7, 11) is 0. The first kappa shape index (κ1) is 22.4. The Kier molecular flexibility index (Phi) is 5.53. The van der Waals surface area contributed by atoms with Gasteiger partial charge in [-0.15, -0.1) is 32.9 Å². The van der Waals surface area contributed by atoms with E-state index in [9.17, 15) is 14.7 Å². The summed E-state index contributed by atoms with van der Waals surface area (Å²) in [6.07, 6.45) is -0.171. The highest BCUT2D eigenvalue weighted by atomic mass is 32.1. The second kappa shape index (κ2) is 8.41. The van der Waals surface area contributed by atoms with Crippen LogP contribution in [0.25, 0.3) is 15.4 Å². The molecule has 172 valence electrons. The van der Waals surface area contributed by atoms with Gasteiger partial charge in [0.1, 0.15) is 16.9 Å². The van der Waals surface area contributed by atoms with Crippen molar-refractivity contribution in [2.75, 3.05) is 0 Å². The number of benzene rings is 1. The van der Waals surface area contributed by atoms with Gasteiger partial charge in [-0.25, -0.2) is 0 Å². The number of rotatable bonds is 5. The molecule has 1 atom stereocenters. The fraction of sp³-hybridized carbons (Fsp3) is 0.240. The van der Waals surface area contributed by atoms with E-state index in [-0.39, 0.29) is 12.2 Å². The number of carboxylic acids is 1. The van der Waals surface area contributed by atoms with Gasteiger partial charge in [0.15, 0.2) is 11.6 Å².